The van der Waals surface area contributed by atoms with Gasteiger partial charge < -0.3 is 10.5 Å². The van der Waals surface area contributed by atoms with E-state index >= 15 is 0 Å². The number of halogens is 1. The van der Waals surface area contributed by atoms with Gasteiger partial charge in [-0.25, -0.2) is 9.31 Å². The van der Waals surface area contributed by atoms with E-state index in [1.807, 2.05) is 0 Å². The van der Waals surface area contributed by atoms with E-state index < -0.39 is 0 Å². The first-order valence-corrected chi connectivity index (χ1v) is 5.52. The van der Waals surface area contributed by atoms with Crippen LogP contribution >= 0.6 is 15.9 Å². The average Bonchev–Trinajstić information content (AvgIpc) is 2.62. The van der Waals surface area contributed by atoms with Crippen molar-refractivity contribution in [2.24, 2.45) is 0 Å². The van der Waals surface area contributed by atoms with Gasteiger partial charge in [-0.2, -0.15) is 5.10 Å². The summed E-state index contributed by atoms with van der Waals surface area (Å²) >= 11 is 3.29. The Morgan fingerprint density at radius 2 is 2.44 bits per heavy atom. The molecule has 84 valence electrons. The average molecular weight is 284 g/mol. The van der Waals surface area contributed by atoms with Gasteiger partial charge in [-0.1, -0.05) is 0 Å². The molecule has 0 aliphatic carbocycles. The third-order valence-corrected chi connectivity index (χ3v) is 2.80. The maximum Gasteiger partial charge on any atom is 0.341 e. The number of anilines is 1. The highest BCUT2D eigenvalue weighted by Crippen LogP contribution is 2.23. The largest absolute Gasteiger partial charge is 0.462 e. The summed E-state index contributed by atoms with van der Waals surface area (Å²) in [6.45, 7) is 2.09. The van der Waals surface area contributed by atoms with Crippen molar-refractivity contribution in [1.29, 1.82) is 0 Å². The lowest BCUT2D eigenvalue weighted by atomic mass is 10.2. The number of nitrogens with zero attached hydrogens (tertiary/aromatic N) is 2. The molecule has 0 unspecified atom stereocenters. The van der Waals surface area contributed by atoms with E-state index in [0.29, 0.717) is 23.4 Å². The molecule has 0 saturated carbocycles. The summed E-state index contributed by atoms with van der Waals surface area (Å²) in [5, 5.41) is 4.05. The van der Waals surface area contributed by atoms with Crippen LogP contribution in [-0.4, -0.2) is 22.2 Å². The van der Waals surface area contributed by atoms with Crippen LogP contribution in [0.1, 0.15) is 17.3 Å². The molecule has 0 spiro atoms. The highest BCUT2D eigenvalue weighted by molar-refractivity contribution is 9.10. The first-order chi connectivity index (χ1) is 7.63. The van der Waals surface area contributed by atoms with Crippen molar-refractivity contribution in [1.82, 2.24) is 9.61 Å². The molecule has 6 heteroatoms. The van der Waals surface area contributed by atoms with E-state index in [1.165, 1.54) is 6.20 Å². The lowest BCUT2D eigenvalue weighted by Crippen LogP contribution is -2.04. The Balaban J connectivity index is 2.56. The Hall–Kier alpha value is -1.56. The molecule has 2 aromatic heterocycles. The Morgan fingerprint density at radius 1 is 1.69 bits per heavy atom. The number of fused-ring (bicyclic) bond motifs is 1. The number of ether oxygens (including phenoxy) is 1. The smallest absolute Gasteiger partial charge is 0.341 e. The molecule has 0 radical (unpaired) electrons. The predicted molar refractivity (Wildman–Crippen MR) is 63.3 cm³/mol. The maximum absolute atomic E-state index is 11.6. The van der Waals surface area contributed by atoms with Crippen molar-refractivity contribution in [2.75, 3.05) is 12.3 Å². The number of carbonyl (C=O) groups excluding carboxylic acids is 1. The van der Waals surface area contributed by atoms with Gasteiger partial charge in [0.25, 0.3) is 0 Å². The lowest BCUT2D eigenvalue weighted by Gasteiger charge is -2.02. The summed E-state index contributed by atoms with van der Waals surface area (Å²) in [6.07, 6.45) is 3.17. The van der Waals surface area contributed by atoms with Crippen LogP contribution in [0.2, 0.25) is 0 Å². The molecule has 2 heterocycles. The van der Waals surface area contributed by atoms with Crippen LogP contribution in [0, 0.1) is 0 Å². The molecule has 0 saturated heterocycles. The molecule has 16 heavy (non-hydrogen) atoms. The number of rotatable bonds is 2. The summed E-state index contributed by atoms with van der Waals surface area (Å²) in [7, 11) is 0. The van der Waals surface area contributed by atoms with Crippen LogP contribution < -0.4 is 5.73 Å². The van der Waals surface area contributed by atoms with Crippen molar-refractivity contribution in [3.05, 3.63) is 28.5 Å². The maximum atomic E-state index is 11.6. The Morgan fingerprint density at radius 3 is 3.12 bits per heavy atom. The van der Waals surface area contributed by atoms with Gasteiger partial charge in [0.1, 0.15) is 5.56 Å². The summed E-state index contributed by atoms with van der Waals surface area (Å²) in [6, 6.07) is 1.68. The van der Waals surface area contributed by atoms with Gasteiger partial charge in [-0.15, -0.1) is 0 Å². The first kappa shape index (κ1) is 10.9. The number of nitrogen functional groups attached to an aromatic ring is 1. The van der Waals surface area contributed by atoms with Gasteiger partial charge in [0.15, 0.2) is 0 Å². The number of hydrogen-bond acceptors (Lipinski definition) is 4. The van der Waals surface area contributed by atoms with E-state index in [1.54, 1.807) is 23.7 Å². The minimum atomic E-state index is -0.390. The molecule has 0 amide bonds. The lowest BCUT2D eigenvalue weighted by molar-refractivity contribution is 0.0528. The Kier molecular flexibility index (Phi) is 2.82. The van der Waals surface area contributed by atoms with Gasteiger partial charge in [-0.3, -0.25) is 0 Å². The number of hydrogen-bond donors (Lipinski definition) is 1. The summed E-state index contributed by atoms with van der Waals surface area (Å²) in [5.41, 5.74) is 7.36. The quantitative estimate of drug-likeness (QED) is 0.854. The van der Waals surface area contributed by atoms with Gasteiger partial charge in [0.05, 0.1) is 22.8 Å². The number of pyridine rings is 1. The zero-order valence-corrected chi connectivity index (χ0v) is 10.2. The highest BCUT2D eigenvalue weighted by atomic mass is 79.9. The standard InChI is InChI=1S/C10H10BrN3O2/c1-2-16-10(15)6-4-13-14-5-7(11)8(12)3-9(6)14/h3-5H,2,12H2,1H3. The fourth-order valence-electron chi connectivity index (χ4n) is 1.38. The van der Waals surface area contributed by atoms with Crippen LogP contribution in [0.3, 0.4) is 0 Å². The number of carbonyl (C=O) groups is 1. The van der Waals surface area contributed by atoms with E-state index in [9.17, 15) is 4.79 Å². The van der Waals surface area contributed by atoms with E-state index in [-0.39, 0.29) is 5.97 Å². The van der Waals surface area contributed by atoms with E-state index in [2.05, 4.69) is 21.0 Å². The molecule has 0 aliphatic rings. The fourth-order valence-corrected chi connectivity index (χ4v) is 1.69. The molecule has 0 atom stereocenters. The van der Waals surface area contributed by atoms with E-state index in [0.717, 1.165) is 4.47 Å². The molecule has 0 aromatic carbocycles. The molecule has 5 nitrogen and oxygen atoms in total. The van der Waals surface area contributed by atoms with Crippen molar-refractivity contribution in [3.8, 4) is 0 Å². The summed E-state index contributed by atoms with van der Waals surface area (Å²) in [5.74, 6) is -0.390. The minimum absolute atomic E-state index is 0.335. The van der Waals surface area contributed by atoms with Crippen molar-refractivity contribution >= 4 is 33.1 Å². The van der Waals surface area contributed by atoms with Gasteiger partial charge >= 0.3 is 5.97 Å². The Bertz CT molecular complexity index is 550. The van der Waals surface area contributed by atoms with Crippen LogP contribution in [-0.2, 0) is 4.74 Å². The second-order valence-corrected chi connectivity index (χ2v) is 4.04. The van der Waals surface area contributed by atoms with Crippen LogP contribution in [0.4, 0.5) is 5.69 Å². The number of nitrogens with two attached hydrogens (primary N) is 1. The zero-order valence-electron chi connectivity index (χ0n) is 8.61. The van der Waals surface area contributed by atoms with E-state index in [4.69, 9.17) is 10.5 Å². The fraction of sp³-hybridized carbons (Fsp3) is 0.200. The third-order valence-electron chi connectivity index (χ3n) is 2.13. The molecule has 2 aromatic rings. The molecule has 0 aliphatic heterocycles. The SMILES string of the molecule is CCOC(=O)c1cnn2cc(Br)c(N)cc12. The van der Waals surface area contributed by atoms with Crippen LogP contribution in [0.15, 0.2) is 22.9 Å². The molecule has 2 rings (SSSR count). The van der Waals surface area contributed by atoms with Crippen LogP contribution in [0.25, 0.3) is 5.52 Å². The molecular weight excluding hydrogens is 274 g/mol. The van der Waals surface area contributed by atoms with Gasteiger partial charge in [0.2, 0.25) is 0 Å². The zero-order chi connectivity index (χ0) is 11.7. The van der Waals surface area contributed by atoms with Gasteiger partial charge in [0, 0.05) is 11.9 Å². The second kappa shape index (κ2) is 4.13. The number of aromatic nitrogens is 2. The number of esters is 1. The normalized spacial score (nSPS) is 10.6. The summed E-state index contributed by atoms with van der Waals surface area (Å²) < 4.78 is 7.23. The molecule has 0 bridgehead atoms. The second-order valence-electron chi connectivity index (χ2n) is 3.19. The van der Waals surface area contributed by atoms with Crippen LogP contribution in [0.5, 0.6) is 0 Å². The molecular formula is C10H10BrN3O2. The molecule has 2 N–H and O–H groups in total. The summed E-state index contributed by atoms with van der Waals surface area (Å²) in [4.78, 5) is 11.6. The van der Waals surface area contributed by atoms with Crippen molar-refractivity contribution in [2.45, 2.75) is 6.92 Å². The first-order valence-electron chi connectivity index (χ1n) is 4.73. The predicted octanol–water partition coefficient (Wildman–Crippen LogP) is 1.86. The topological polar surface area (TPSA) is 69.6 Å². The van der Waals surface area contributed by atoms with Gasteiger partial charge in [-0.05, 0) is 28.9 Å². The minimum Gasteiger partial charge on any atom is -0.462 e. The third kappa shape index (κ3) is 1.76. The van der Waals surface area contributed by atoms with Crippen molar-refractivity contribution < 1.29 is 9.53 Å². The highest BCUT2D eigenvalue weighted by Gasteiger charge is 2.14. The monoisotopic (exact) mass is 283 g/mol. The molecule has 0 fully saturated rings. The van der Waals surface area contributed by atoms with Crippen molar-refractivity contribution in [3.63, 3.8) is 0 Å². The Labute approximate surface area is 100 Å².